The molecule has 2 heterocycles. The molecule has 6 heteroatoms. The number of nitrogens with one attached hydrogen (secondary N) is 1. The normalized spacial score (nSPS) is 15.2. The van der Waals surface area contributed by atoms with Crippen molar-refractivity contribution in [1.29, 1.82) is 0 Å². The second-order valence-corrected chi connectivity index (χ2v) is 5.85. The Hall–Kier alpha value is -0.910. The molecule has 0 unspecified atom stereocenters. The highest BCUT2D eigenvalue weighted by molar-refractivity contribution is 7.14. The Morgan fingerprint density at radius 3 is 3.06 bits per heavy atom. The molecule has 1 fully saturated rings. The topological polar surface area (TPSA) is 51.0 Å². The van der Waals surface area contributed by atoms with Crippen LogP contribution in [0.1, 0.15) is 24.3 Å². The standard InChI is InChI=1S/C12H14ClN3OS/c13-11-9(5-7-17-11)12-16-15-10(18-12)2-1-6-14-8-3-4-8/h5,7-8,14H,1-4,6H2. The molecule has 4 nitrogen and oxygen atoms in total. The third kappa shape index (κ3) is 2.91. The summed E-state index contributed by atoms with van der Waals surface area (Å²) in [5.41, 5.74) is 0.830. The van der Waals surface area contributed by atoms with Crippen LogP contribution in [0.25, 0.3) is 10.6 Å². The van der Waals surface area contributed by atoms with E-state index in [1.165, 1.54) is 12.8 Å². The maximum atomic E-state index is 5.91. The van der Waals surface area contributed by atoms with E-state index in [0.29, 0.717) is 5.22 Å². The molecule has 1 saturated carbocycles. The zero-order chi connectivity index (χ0) is 12.4. The zero-order valence-electron chi connectivity index (χ0n) is 9.86. The Morgan fingerprint density at radius 1 is 1.44 bits per heavy atom. The van der Waals surface area contributed by atoms with Crippen LogP contribution in [0.3, 0.4) is 0 Å². The molecule has 0 radical (unpaired) electrons. The third-order valence-electron chi connectivity index (χ3n) is 2.89. The van der Waals surface area contributed by atoms with Crippen LogP contribution < -0.4 is 5.32 Å². The van der Waals surface area contributed by atoms with Crippen molar-refractivity contribution in [3.8, 4) is 10.6 Å². The molecule has 2 aromatic rings. The molecule has 18 heavy (non-hydrogen) atoms. The average Bonchev–Trinajstić information content (AvgIpc) is 2.90. The smallest absolute Gasteiger partial charge is 0.203 e. The zero-order valence-corrected chi connectivity index (χ0v) is 11.4. The van der Waals surface area contributed by atoms with Gasteiger partial charge in [0.2, 0.25) is 5.22 Å². The summed E-state index contributed by atoms with van der Waals surface area (Å²) in [6, 6.07) is 2.60. The first-order chi connectivity index (χ1) is 8.83. The van der Waals surface area contributed by atoms with E-state index in [0.717, 1.165) is 41.0 Å². The van der Waals surface area contributed by atoms with Crippen LogP contribution in [0, 0.1) is 0 Å². The molecular formula is C12H14ClN3OS. The highest BCUT2D eigenvalue weighted by Crippen LogP contribution is 2.31. The number of halogens is 1. The minimum absolute atomic E-state index is 0.383. The van der Waals surface area contributed by atoms with Gasteiger partial charge in [0.15, 0.2) is 5.01 Å². The fourth-order valence-electron chi connectivity index (χ4n) is 1.74. The average molecular weight is 284 g/mol. The molecule has 0 aromatic carbocycles. The van der Waals surface area contributed by atoms with Crippen LogP contribution in [-0.4, -0.2) is 22.8 Å². The lowest BCUT2D eigenvalue weighted by Crippen LogP contribution is -2.17. The van der Waals surface area contributed by atoms with Crippen molar-refractivity contribution in [1.82, 2.24) is 15.5 Å². The molecule has 96 valence electrons. The molecule has 2 aromatic heterocycles. The van der Waals surface area contributed by atoms with Crippen molar-refractivity contribution in [2.75, 3.05) is 6.54 Å². The Kier molecular flexibility index (Phi) is 3.63. The van der Waals surface area contributed by atoms with Crippen molar-refractivity contribution >= 4 is 22.9 Å². The Bertz CT molecular complexity index is 521. The van der Waals surface area contributed by atoms with E-state index in [4.69, 9.17) is 16.0 Å². The molecule has 0 spiro atoms. The van der Waals surface area contributed by atoms with Gasteiger partial charge in [-0.1, -0.05) is 11.3 Å². The number of furan rings is 1. The second kappa shape index (κ2) is 5.38. The minimum Gasteiger partial charge on any atom is -0.452 e. The van der Waals surface area contributed by atoms with Crippen molar-refractivity contribution in [3.63, 3.8) is 0 Å². The summed E-state index contributed by atoms with van der Waals surface area (Å²) in [5, 5.41) is 14.1. The molecule has 0 aliphatic heterocycles. The van der Waals surface area contributed by atoms with Gasteiger partial charge in [-0.2, -0.15) is 0 Å². The predicted molar refractivity (Wildman–Crippen MR) is 72.0 cm³/mol. The van der Waals surface area contributed by atoms with Gasteiger partial charge in [-0.05, 0) is 43.5 Å². The summed E-state index contributed by atoms with van der Waals surface area (Å²) in [7, 11) is 0. The van der Waals surface area contributed by atoms with Gasteiger partial charge in [0, 0.05) is 12.5 Å². The lowest BCUT2D eigenvalue weighted by molar-refractivity contribution is 0.570. The quantitative estimate of drug-likeness (QED) is 0.828. The van der Waals surface area contributed by atoms with Crippen molar-refractivity contribution in [2.24, 2.45) is 0 Å². The van der Waals surface area contributed by atoms with E-state index in [1.54, 1.807) is 17.6 Å². The number of nitrogens with zero attached hydrogens (tertiary/aromatic N) is 2. The first-order valence-electron chi connectivity index (χ1n) is 6.12. The summed E-state index contributed by atoms with van der Waals surface area (Å²) in [4.78, 5) is 0. The van der Waals surface area contributed by atoms with E-state index in [2.05, 4.69) is 15.5 Å². The number of aromatic nitrogens is 2. The highest BCUT2D eigenvalue weighted by atomic mass is 35.5. The summed E-state index contributed by atoms with van der Waals surface area (Å²) < 4.78 is 5.05. The molecular weight excluding hydrogens is 270 g/mol. The fraction of sp³-hybridized carbons (Fsp3) is 0.500. The molecule has 3 rings (SSSR count). The largest absolute Gasteiger partial charge is 0.452 e. The van der Waals surface area contributed by atoms with Gasteiger partial charge in [0.1, 0.15) is 5.01 Å². The number of hydrogen-bond acceptors (Lipinski definition) is 5. The number of aryl methyl sites for hydroxylation is 1. The van der Waals surface area contributed by atoms with Crippen LogP contribution in [0.5, 0.6) is 0 Å². The monoisotopic (exact) mass is 283 g/mol. The molecule has 1 N–H and O–H groups in total. The van der Waals surface area contributed by atoms with Gasteiger partial charge < -0.3 is 9.73 Å². The Balaban J connectivity index is 1.54. The molecule has 0 bridgehead atoms. The number of hydrogen-bond donors (Lipinski definition) is 1. The van der Waals surface area contributed by atoms with Crippen LogP contribution in [0.15, 0.2) is 16.7 Å². The summed E-state index contributed by atoms with van der Waals surface area (Å²) in [6.07, 6.45) is 6.30. The van der Waals surface area contributed by atoms with Gasteiger partial charge in [-0.25, -0.2) is 0 Å². The maximum Gasteiger partial charge on any atom is 0.203 e. The SMILES string of the molecule is Clc1occc1-c1nnc(CCCNC2CC2)s1. The van der Waals surface area contributed by atoms with E-state index >= 15 is 0 Å². The maximum absolute atomic E-state index is 5.91. The second-order valence-electron chi connectivity index (χ2n) is 4.44. The molecule has 0 amide bonds. The van der Waals surface area contributed by atoms with Crippen molar-refractivity contribution in [2.45, 2.75) is 31.7 Å². The van der Waals surface area contributed by atoms with Crippen LogP contribution >= 0.6 is 22.9 Å². The van der Waals surface area contributed by atoms with Crippen LogP contribution in [-0.2, 0) is 6.42 Å². The fourth-order valence-corrected chi connectivity index (χ4v) is 2.91. The van der Waals surface area contributed by atoms with Gasteiger partial charge >= 0.3 is 0 Å². The molecule has 1 aliphatic rings. The van der Waals surface area contributed by atoms with E-state index in [-0.39, 0.29) is 0 Å². The van der Waals surface area contributed by atoms with Gasteiger partial charge in [0.25, 0.3) is 0 Å². The summed E-state index contributed by atoms with van der Waals surface area (Å²) in [5.74, 6) is 0. The highest BCUT2D eigenvalue weighted by Gasteiger charge is 2.19. The predicted octanol–water partition coefficient (Wildman–Crippen LogP) is 3.14. The van der Waals surface area contributed by atoms with Gasteiger partial charge in [0.05, 0.1) is 11.8 Å². The lowest BCUT2D eigenvalue weighted by Gasteiger charge is -1.99. The van der Waals surface area contributed by atoms with Crippen LogP contribution in [0.4, 0.5) is 0 Å². The van der Waals surface area contributed by atoms with E-state index in [9.17, 15) is 0 Å². The first kappa shape index (κ1) is 12.1. The molecule has 0 saturated heterocycles. The molecule has 1 aliphatic carbocycles. The van der Waals surface area contributed by atoms with Gasteiger partial charge in [-0.3, -0.25) is 0 Å². The first-order valence-corrected chi connectivity index (χ1v) is 7.31. The number of rotatable bonds is 6. The third-order valence-corrected chi connectivity index (χ3v) is 4.20. The Labute approximate surface area is 114 Å². The molecule has 0 atom stereocenters. The Morgan fingerprint density at radius 2 is 2.33 bits per heavy atom. The summed E-state index contributed by atoms with van der Waals surface area (Å²) >= 11 is 7.50. The summed E-state index contributed by atoms with van der Waals surface area (Å²) in [6.45, 7) is 1.06. The van der Waals surface area contributed by atoms with Crippen molar-refractivity contribution in [3.05, 3.63) is 22.6 Å². The van der Waals surface area contributed by atoms with Gasteiger partial charge in [-0.15, -0.1) is 10.2 Å². The van der Waals surface area contributed by atoms with Crippen molar-refractivity contribution < 1.29 is 4.42 Å². The minimum atomic E-state index is 0.383. The van der Waals surface area contributed by atoms with E-state index in [1.807, 2.05) is 6.07 Å². The van der Waals surface area contributed by atoms with Crippen LogP contribution in [0.2, 0.25) is 5.22 Å². The van der Waals surface area contributed by atoms with E-state index < -0.39 is 0 Å². The lowest BCUT2D eigenvalue weighted by atomic mass is 10.3.